The van der Waals surface area contributed by atoms with Crippen molar-refractivity contribution < 1.29 is 14.3 Å². The van der Waals surface area contributed by atoms with E-state index in [1.165, 1.54) is 0 Å². The van der Waals surface area contributed by atoms with Gasteiger partial charge in [0, 0.05) is 13.1 Å². The molecular weight excluding hydrogens is 360 g/mol. The lowest BCUT2D eigenvalue weighted by Crippen LogP contribution is -2.55. The van der Waals surface area contributed by atoms with Crippen molar-refractivity contribution in [2.24, 2.45) is 0 Å². The van der Waals surface area contributed by atoms with Crippen molar-refractivity contribution in [3.8, 4) is 5.75 Å². The number of nitrogens with one attached hydrogen (secondary N) is 2. The molecule has 0 bridgehead atoms. The van der Waals surface area contributed by atoms with E-state index in [-0.39, 0.29) is 30.5 Å². The first-order valence-corrected chi connectivity index (χ1v) is 7.36. The maximum absolute atomic E-state index is 12.1. The number of carbonyl (C=O) groups excluding carboxylic acids is 1. The molecule has 2 N–H and O–H groups in total. The zero-order chi connectivity index (χ0) is 14.5. The minimum absolute atomic E-state index is 0. The predicted molar refractivity (Wildman–Crippen MR) is 87.0 cm³/mol. The molecule has 2 rings (SSSR count). The number of methoxy groups -OCH3 is 1. The minimum atomic E-state index is -0.287. The average Bonchev–Trinajstić information content (AvgIpc) is 2.45. The van der Waals surface area contributed by atoms with Gasteiger partial charge in [0.05, 0.1) is 24.3 Å². The molecule has 1 fully saturated rings. The Morgan fingerprint density at radius 1 is 1.57 bits per heavy atom. The van der Waals surface area contributed by atoms with Gasteiger partial charge in [0.25, 0.3) is 0 Å². The summed E-state index contributed by atoms with van der Waals surface area (Å²) >= 11 is 3.43. The second kappa shape index (κ2) is 8.58. The molecule has 1 aliphatic heterocycles. The second-order valence-corrected chi connectivity index (χ2v) is 5.55. The molecule has 5 nitrogen and oxygen atoms in total. The Kier molecular flexibility index (Phi) is 7.45. The molecular formula is C14H20BrClN2O3. The Hall–Kier alpha value is -0.820. The van der Waals surface area contributed by atoms with Crippen LogP contribution in [0.3, 0.4) is 0 Å². The first kappa shape index (κ1) is 18.2. The van der Waals surface area contributed by atoms with E-state index < -0.39 is 0 Å². The molecule has 7 heteroatoms. The van der Waals surface area contributed by atoms with Crippen LogP contribution in [0, 0.1) is 0 Å². The fourth-order valence-corrected chi connectivity index (χ4v) is 2.73. The Morgan fingerprint density at radius 2 is 2.33 bits per heavy atom. The van der Waals surface area contributed by atoms with Crippen molar-refractivity contribution in [1.82, 2.24) is 10.6 Å². The lowest BCUT2D eigenvalue weighted by molar-refractivity contribution is -0.129. The van der Waals surface area contributed by atoms with Gasteiger partial charge in [-0.15, -0.1) is 12.4 Å². The zero-order valence-corrected chi connectivity index (χ0v) is 14.4. The number of carbonyl (C=O) groups is 1. The van der Waals surface area contributed by atoms with E-state index in [1.54, 1.807) is 7.11 Å². The summed E-state index contributed by atoms with van der Waals surface area (Å²) < 4.78 is 11.5. The highest BCUT2D eigenvalue weighted by Crippen LogP contribution is 2.25. The maximum atomic E-state index is 12.1. The molecule has 1 aromatic rings. The summed E-state index contributed by atoms with van der Waals surface area (Å²) in [6.45, 7) is 3.74. The van der Waals surface area contributed by atoms with Gasteiger partial charge in [-0.2, -0.15) is 0 Å². The number of morpholine rings is 1. The van der Waals surface area contributed by atoms with Crippen LogP contribution >= 0.6 is 28.3 Å². The largest absolute Gasteiger partial charge is 0.496 e. The van der Waals surface area contributed by atoms with Gasteiger partial charge in [-0.3, -0.25) is 4.79 Å². The standard InChI is InChI=1S/C14H19BrN2O3.ClH/c1-9-13(16-5-6-20-9)14(18)17-8-10-3-4-12(19-2)11(15)7-10;/h3-4,7,9,13,16H,5-6,8H2,1-2H3,(H,17,18);1H/t9-,13+;/m1./s1. The third kappa shape index (κ3) is 4.85. The lowest BCUT2D eigenvalue weighted by atomic mass is 10.1. The summed E-state index contributed by atoms with van der Waals surface area (Å²) in [6.07, 6.45) is -0.105. The first-order chi connectivity index (χ1) is 9.61. The lowest BCUT2D eigenvalue weighted by Gasteiger charge is -2.29. The van der Waals surface area contributed by atoms with Crippen LogP contribution in [-0.2, 0) is 16.1 Å². The van der Waals surface area contributed by atoms with Gasteiger partial charge in [-0.25, -0.2) is 0 Å². The summed E-state index contributed by atoms with van der Waals surface area (Å²) in [5.74, 6) is 0.736. The van der Waals surface area contributed by atoms with E-state index in [1.807, 2.05) is 25.1 Å². The van der Waals surface area contributed by atoms with Crippen molar-refractivity contribution in [2.45, 2.75) is 25.6 Å². The molecule has 1 aromatic carbocycles. The van der Waals surface area contributed by atoms with Crippen LogP contribution in [0.4, 0.5) is 0 Å². The van der Waals surface area contributed by atoms with Gasteiger partial charge in [0.2, 0.25) is 5.91 Å². The fourth-order valence-electron chi connectivity index (χ4n) is 2.15. The number of ether oxygens (including phenoxy) is 2. The highest BCUT2D eigenvalue weighted by atomic mass is 79.9. The number of hydrogen-bond donors (Lipinski definition) is 2. The molecule has 1 aliphatic rings. The van der Waals surface area contributed by atoms with Crippen molar-refractivity contribution in [3.05, 3.63) is 28.2 Å². The molecule has 0 aliphatic carbocycles. The Bertz CT molecular complexity index is 487. The van der Waals surface area contributed by atoms with E-state index in [0.717, 1.165) is 15.8 Å². The Labute approximate surface area is 139 Å². The van der Waals surface area contributed by atoms with E-state index in [9.17, 15) is 4.79 Å². The molecule has 21 heavy (non-hydrogen) atoms. The quantitative estimate of drug-likeness (QED) is 0.838. The molecule has 0 unspecified atom stereocenters. The van der Waals surface area contributed by atoms with Crippen LogP contribution in [0.25, 0.3) is 0 Å². The maximum Gasteiger partial charge on any atom is 0.240 e. The van der Waals surface area contributed by atoms with Crippen LogP contribution in [0.2, 0.25) is 0 Å². The molecule has 0 saturated carbocycles. The van der Waals surface area contributed by atoms with Gasteiger partial charge in [-0.05, 0) is 40.5 Å². The van der Waals surface area contributed by atoms with E-state index >= 15 is 0 Å². The summed E-state index contributed by atoms with van der Waals surface area (Å²) in [5.41, 5.74) is 1.01. The molecule has 1 heterocycles. The first-order valence-electron chi connectivity index (χ1n) is 6.57. The number of benzene rings is 1. The molecule has 0 radical (unpaired) electrons. The average molecular weight is 380 g/mol. The van der Waals surface area contributed by atoms with Crippen LogP contribution in [0.5, 0.6) is 5.75 Å². The normalized spacial score (nSPS) is 21.3. The van der Waals surface area contributed by atoms with Crippen molar-refractivity contribution in [2.75, 3.05) is 20.3 Å². The third-order valence-electron chi connectivity index (χ3n) is 3.28. The monoisotopic (exact) mass is 378 g/mol. The van der Waals surface area contributed by atoms with Crippen molar-refractivity contribution in [1.29, 1.82) is 0 Å². The summed E-state index contributed by atoms with van der Waals surface area (Å²) in [7, 11) is 1.62. The minimum Gasteiger partial charge on any atom is -0.496 e. The molecule has 2 atom stereocenters. The molecule has 1 amide bonds. The van der Waals surface area contributed by atoms with Crippen LogP contribution < -0.4 is 15.4 Å². The van der Waals surface area contributed by atoms with Crippen molar-refractivity contribution >= 4 is 34.2 Å². The van der Waals surface area contributed by atoms with Crippen LogP contribution in [-0.4, -0.2) is 38.3 Å². The van der Waals surface area contributed by atoms with E-state index in [0.29, 0.717) is 19.7 Å². The summed E-state index contributed by atoms with van der Waals surface area (Å²) in [4.78, 5) is 12.1. The Balaban J connectivity index is 0.00000220. The highest BCUT2D eigenvalue weighted by molar-refractivity contribution is 9.10. The van der Waals surface area contributed by atoms with Crippen LogP contribution in [0.15, 0.2) is 22.7 Å². The SMILES string of the molecule is COc1ccc(CNC(=O)[C@H]2NCCO[C@@H]2C)cc1Br.Cl. The topological polar surface area (TPSA) is 59.6 Å². The fraction of sp³-hybridized carbons (Fsp3) is 0.500. The van der Waals surface area contributed by atoms with Crippen LogP contribution in [0.1, 0.15) is 12.5 Å². The highest BCUT2D eigenvalue weighted by Gasteiger charge is 2.27. The number of halogens is 2. The third-order valence-corrected chi connectivity index (χ3v) is 3.90. The summed E-state index contributed by atoms with van der Waals surface area (Å²) in [6, 6.07) is 5.45. The van der Waals surface area contributed by atoms with E-state index in [2.05, 4.69) is 26.6 Å². The van der Waals surface area contributed by atoms with E-state index in [4.69, 9.17) is 9.47 Å². The molecule has 0 spiro atoms. The molecule has 0 aromatic heterocycles. The second-order valence-electron chi connectivity index (χ2n) is 4.69. The zero-order valence-electron chi connectivity index (χ0n) is 12.0. The molecule has 118 valence electrons. The Morgan fingerprint density at radius 3 is 2.95 bits per heavy atom. The van der Waals surface area contributed by atoms with Gasteiger partial charge in [-0.1, -0.05) is 6.07 Å². The smallest absolute Gasteiger partial charge is 0.240 e. The van der Waals surface area contributed by atoms with Gasteiger partial charge in [0.1, 0.15) is 11.8 Å². The molecule has 1 saturated heterocycles. The van der Waals surface area contributed by atoms with Gasteiger partial charge in [0.15, 0.2) is 0 Å². The number of rotatable bonds is 4. The predicted octanol–water partition coefficient (Wildman–Crippen LogP) is 1.87. The summed E-state index contributed by atoms with van der Waals surface area (Å²) in [5, 5.41) is 6.09. The van der Waals surface area contributed by atoms with Gasteiger partial charge >= 0.3 is 0 Å². The van der Waals surface area contributed by atoms with Gasteiger partial charge < -0.3 is 20.1 Å². The number of amides is 1. The van der Waals surface area contributed by atoms with Crippen molar-refractivity contribution in [3.63, 3.8) is 0 Å². The number of hydrogen-bond acceptors (Lipinski definition) is 4.